The maximum atomic E-state index is 9.96. The van der Waals surface area contributed by atoms with Crippen LogP contribution in [-0.2, 0) is 0 Å². The molecule has 0 aliphatic rings. The topological polar surface area (TPSA) is 58.8 Å². The molecule has 0 atom stereocenters. The van der Waals surface area contributed by atoms with Gasteiger partial charge in [0.15, 0.2) is 11.5 Å². The van der Waals surface area contributed by atoms with Gasteiger partial charge in [0.1, 0.15) is 0 Å². The molecule has 0 N–H and O–H groups in total. The summed E-state index contributed by atoms with van der Waals surface area (Å²) in [6, 6.07) is 11.5. The van der Waals surface area contributed by atoms with E-state index >= 15 is 0 Å². The van der Waals surface area contributed by atoms with Crippen LogP contribution in [0, 0.1) is 11.3 Å². The van der Waals surface area contributed by atoms with Crippen LogP contribution < -0.4 is 9.47 Å². The fourth-order valence-electron chi connectivity index (χ4n) is 1.87. The van der Waals surface area contributed by atoms with Crippen LogP contribution >= 0.6 is 0 Å². The summed E-state index contributed by atoms with van der Waals surface area (Å²) < 4.78 is 10.5. The molecule has 0 bridgehead atoms. The second-order valence-corrected chi connectivity index (χ2v) is 4.10. The lowest BCUT2D eigenvalue weighted by atomic mass is 10.1. The highest BCUT2D eigenvalue weighted by molar-refractivity contribution is 5.67. The SMILES string of the molecule is COc1ccc(-c2cc(C=CC#[N+][O-])ccn2)cc1OC. The fraction of sp³-hybridized carbons (Fsp3) is 0.125. The molecule has 0 unspecified atom stereocenters. The van der Waals surface area contributed by atoms with Crippen molar-refractivity contribution in [2.45, 2.75) is 0 Å². The molecule has 5 nitrogen and oxygen atoms in total. The molecule has 21 heavy (non-hydrogen) atoms. The normalized spacial score (nSPS) is 10.0. The lowest BCUT2D eigenvalue weighted by Gasteiger charge is -2.09. The van der Waals surface area contributed by atoms with Crippen molar-refractivity contribution in [3.05, 3.63) is 58.4 Å². The molecule has 0 radical (unpaired) electrons. The van der Waals surface area contributed by atoms with Gasteiger partial charge >= 0.3 is 6.07 Å². The van der Waals surface area contributed by atoms with E-state index in [9.17, 15) is 5.21 Å². The maximum Gasteiger partial charge on any atom is 0.328 e. The van der Waals surface area contributed by atoms with E-state index < -0.39 is 0 Å². The average molecular weight is 282 g/mol. The third-order valence-corrected chi connectivity index (χ3v) is 2.87. The van der Waals surface area contributed by atoms with E-state index in [0.717, 1.165) is 16.8 Å². The molecule has 0 aliphatic carbocycles. The number of hydrogen-bond donors (Lipinski definition) is 0. The monoisotopic (exact) mass is 282 g/mol. The van der Waals surface area contributed by atoms with E-state index in [1.54, 1.807) is 26.5 Å². The lowest BCUT2D eigenvalue weighted by molar-refractivity contribution is 0.355. The smallest absolute Gasteiger partial charge is 0.328 e. The Hall–Kier alpha value is -3.00. The van der Waals surface area contributed by atoms with E-state index in [2.05, 4.69) is 16.1 Å². The zero-order chi connectivity index (χ0) is 15.1. The van der Waals surface area contributed by atoms with Crippen molar-refractivity contribution >= 4 is 6.08 Å². The van der Waals surface area contributed by atoms with Gasteiger partial charge < -0.3 is 14.7 Å². The lowest BCUT2D eigenvalue weighted by Crippen LogP contribution is -1.91. The van der Waals surface area contributed by atoms with Crippen LogP contribution in [0.1, 0.15) is 5.56 Å². The van der Waals surface area contributed by atoms with Crippen LogP contribution in [0.4, 0.5) is 0 Å². The number of nitrogens with zero attached hydrogens (tertiary/aromatic N) is 2. The Morgan fingerprint density at radius 1 is 1.14 bits per heavy atom. The van der Waals surface area contributed by atoms with Gasteiger partial charge in [-0.3, -0.25) is 4.98 Å². The van der Waals surface area contributed by atoms with Crippen molar-refractivity contribution in [2.75, 3.05) is 14.2 Å². The predicted molar refractivity (Wildman–Crippen MR) is 82.4 cm³/mol. The van der Waals surface area contributed by atoms with E-state index in [-0.39, 0.29) is 0 Å². The average Bonchev–Trinajstić information content (AvgIpc) is 2.54. The third-order valence-electron chi connectivity index (χ3n) is 2.87. The molecule has 5 heteroatoms. The molecule has 0 spiro atoms. The van der Waals surface area contributed by atoms with Crippen LogP contribution in [-0.4, -0.2) is 19.2 Å². The van der Waals surface area contributed by atoms with Crippen LogP contribution in [0.2, 0.25) is 0 Å². The largest absolute Gasteiger partial charge is 0.498 e. The Kier molecular flexibility index (Phi) is 4.78. The van der Waals surface area contributed by atoms with E-state index in [4.69, 9.17) is 9.47 Å². The summed E-state index contributed by atoms with van der Waals surface area (Å²) in [6.45, 7) is 0. The second-order valence-electron chi connectivity index (χ2n) is 4.10. The number of benzene rings is 1. The van der Waals surface area contributed by atoms with Crippen molar-refractivity contribution in [1.29, 1.82) is 0 Å². The Bertz CT molecular complexity index is 715. The number of hydrogen-bond acceptors (Lipinski definition) is 4. The Balaban J connectivity index is 2.37. The Morgan fingerprint density at radius 2 is 1.95 bits per heavy atom. The first-order chi connectivity index (χ1) is 10.3. The molecule has 1 aromatic heterocycles. The number of rotatable bonds is 4. The molecule has 2 rings (SSSR count). The van der Waals surface area contributed by atoms with E-state index in [0.29, 0.717) is 11.5 Å². The minimum absolute atomic E-state index is 0.643. The molecule has 1 aromatic carbocycles. The standard InChI is InChI=1S/C16H14N2O3/c1-20-15-6-5-13(11-16(15)21-2)14-10-12(7-9-17-14)4-3-8-18-19/h3-7,9-11H,1-2H3. The van der Waals surface area contributed by atoms with E-state index in [1.807, 2.05) is 30.3 Å². The third kappa shape index (κ3) is 3.51. The number of ether oxygens (including phenoxy) is 2. The number of allylic oxidation sites excluding steroid dienone is 1. The van der Waals surface area contributed by atoms with Gasteiger partial charge in [0, 0.05) is 16.8 Å². The Morgan fingerprint density at radius 3 is 2.67 bits per heavy atom. The molecular weight excluding hydrogens is 268 g/mol. The fourth-order valence-corrected chi connectivity index (χ4v) is 1.87. The zero-order valence-corrected chi connectivity index (χ0v) is 11.7. The van der Waals surface area contributed by atoms with Gasteiger partial charge in [-0.1, -0.05) is 0 Å². The first-order valence-corrected chi connectivity index (χ1v) is 6.21. The molecule has 0 fully saturated rings. The summed E-state index contributed by atoms with van der Waals surface area (Å²) in [5, 5.41) is 12.5. The summed E-state index contributed by atoms with van der Waals surface area (Å²) in [6.07, 6.45) is 4.88. The molecule has 0 saturated carbocycles. The van der Waals surface area contributed by atoms with Crippen molar-refractivity contribution in [2.24, 2.45) is 0 Å². The number of methoxy groups -OCH3 is 2. The molecular formula is C16H14N2O3. The summed E-state index contributed by atoms with van der Waals surface area (Å²) in [4.78, 5) is 4.33. The highest BCUT2D eigenvalue weighted by atomic mass is 16.5. The molecule has 0 aliphatic heterocycles. The first kappa shape index (κ1) is 14.4. The maximum absolute atomic E-state index is 9.96. The molecule has 0 saturated heterocycles. The van der Waals surface area contributed by atoms with Gasteiger partial charge in [-0.05, 0) is 42.0 Å². The van der Waals surface area contributed by atoms with Crippen LogP contribution in [0.25, 0.3) is 22.3 Å². The van der Waals surface area contributed by atoms with Gasteiger partial charge in [-0.15, -0.1) is 0 Å². The summed E-state index contributed by atoms with van der Waals surface area (Å²) in [5.74, 6) is 1.31. The van der Waals surface area contributed by atoms with Crippen molar-refractivity contribution in [3.8, 4) is 28.8 Å². The summed E-state index contributed by atoms with van der Waals surface area (Å²) >= 11 is 0. The van der Waals surface area contributed by atoms with Gasteiger partial charge in [-0.25, -0.2) is 0 Å². The van der Waals surface area contributed by atoms with Gasteiger partial charge in [-0.2, -0.15) is 0 Å². The van der Waals surface area contributed by atoms with Gasteiger partial charge in [0.2, 0.25) is 0 Å². The van der Waals surface area contributed by atoms with Crippen LogP contribution in [0.15, 0.2) is 42.6 Å². The molecule has 0 amide bonds. The molecule has 1 heterocycles. The predicted octanol–water partition coefficient (Wildman–Crippen LogP) is 3.61. The Labute approximate surface area is 122 Å². The van der Waals surface area contributed by atoms with Crippen LogP contribution in [0.3, 0.4) is 0 Å². The minimum Gasteiger partial charge on any atom is -0.498 e. The van der Waals surface area contributed by atoms with Crippen molar-refractivity contribution < 1.29 is 9.47 Å². The summed E-state index contributed by atoms with van der Waals surface area (Å²) in [5.41, 5.74) is 2.59. The summed E-state index contributed by atoms with van der Waals surface area (Å²) in [7, 11) is 3.18. The van der Waals surface area contributed by atoms with Crippen molar-refractivity contribution in [3.63, 3.8) is 0 Å². The molecule has 106 valence electrons. The minimum atomic E-state index is 0.643. The highest BCUT2D eigenvalue weighted by Gasteiger charge is 2.07. The second kappa shape index (κ2) is 6.96. The van der Waals surface area contributed by atoms with Crippen LogP contribution in [0.5, 0.6) is 11.5 Å². The number of pyridine rings is 1. The van der Waals surface area contributed by atoms with Gasteiger partial charge in [0.25, 0.3) is 0 Å². The van der Waals surface area contributed by atoms with Gasteiger partial charge in [0.05, 0.1) is 26.0 Å². The number of aromatic nitrogens is 1. The zero-order valence-electron chi connectivity index (χ0n) is 11.7. The highest BCUT2D eigenvalue weighted by Crippen LogP contribution is 2.31. The first-order valence-electron chi connectivity index (χ1n) is 6.21. The van der Waals surface area contributed by atoms with Crippen molar-refractivity contribution in [1.82, 2.24) is 4.98 Å². The quantitative estimate of drug-likeness (QED) is 0.635. The molecule has 2 aromatic rings. The van der Waals surface area contributed by atoms with E-state index in [1.165, 1.54) is 6.08 Å².